The largest absolute Gasteiger partial charge is 1.00 e. The van der Waals surface area contributed by atoms with Crippen molar-refractivity contribution in [3.63, 3.8) is 0 Å². The van der Waals surface area contributed by atoms with Crippen molar-refractivity contribution in [3.8, 4) is 0 Å². The number of nitrogens with zero attached hydrogens (tertiary/aromatic N) is 2. The number of aliphatic hydroxyl groups is 2. The molecule has 2 unspecified atom stereocenters. The summed E-state index contributed by atoms with van der Waals surface area (Å²) < 4.78 is 26.8. The Morgan fingerprint density at radius 1 is 0.585 bits per heavy atom. The van der Waals surface area contributed by atoms with Crippen LogP contribution in [0.3, 0.4) is 0 Å². The minimum Gasteiger partial charge on any atom is -1.00 e. The third-order valence-electron chi connectivity index (χ3n) is 8.16. The molecule has 2 N–H and O–H groups in total. The van der Waals surface area contributed by atoms with E-state index in [-0.39, 0.29) is 24.8 Å². The first kappa shape index (κ1) is 46.3. The first-order valence-electron chi connectivity index (χ1n) is 15.4. The number of quaternary nitrogens is 2. The molecule has 0 spiro atoms. The first-order chi connectivity index (χ1) is 17.9. The van der Waals surface area contributed by atoms with E-state index >= 15 is 0 Å². The van der Waals surface area contributed by atoms with Gasteiger partial charge in [0.25, 0.3) is 0 Å². The average molecular weight is 684 g/mol. The molecular formula is C28H68Cl2N2O6Si3. The molecule has 0 amide bonds. The van der Waals surface area contributed by atoms with Gasteiger partial charge in [0, 0.05) is 13.2 Å². The molecule has 0 saturated carbocycles. The average Bonchev–Trinajstić information content (AvgIpc) is 2.81. The van der Waals surface area contributed by atoms with E-state index in [0.29, 0.717) is 26.4 Å². The Morgan fingerprint density at radius 3 is 1.15 bits per heavy atom. The van der Waals surface area contributed by atoms with Crippen molar-refractivity contribution < 1.29 is 61.7 Å². The summed E-state index contributed by atoms with van der Waals surface area (Å²) in [6.07, 6.45) is 1.05. The van der Waals surface area contributed by atoms with Gasteiger partial charge in [0.2, 0.25) is 0 Å². The molecule has 0 aliphatic heterocycles. The monoisotopic (exact) mass is 682 g/mol. The lowest BCUT2D eigenvalue weighted by Gasteiger charge is -2.38. The van der Waals surface area contributed by atoms with Crippen LogP contribution in [0.2, 0.25) is 51.4 Å². The number of hydrogen-bond donors (Lipinski definition) is 2. The Hall–Kier alpha value is 0.911. The third-order valence-corrected chi connectivity index (χ3v) is 19.6. The third kappa shape index (κ3) is 22.1. The summed E-state index contributed by atoms with van der Waals surface area (Å²) >= 11 is 0. The summed E-state index contributed by atoms with van der Waals surface area (Å²) in [5.74, 6) is 0. The van der Waals surface area contributed by atoms with Crippen LogP contribution in [-0.4, -0.2) is 136 Å². The maximum absolute atomic E-state index is 10.4. The van der Waals surface area contributed by atoms with Crippen molar-refractivity contribution in [1.29, 1.82) is 0 Å². The van der Waals surface area contributed by atoms with Crippen LogP contribution >= 0.6 is 0 Å². The van der Waals surface area contributed by atoms with Crippen molar-refractivity contribution >= 4 is 25.2 Å². The van der Waals surface area contributed by atoms with Gasteiger partial charge in [-0.1, -0.05) is 0 Å². The molecule has 0 fully saturated rings. The number of halogens is 2. The zero-order valence-corrected chi connectivity index (χ0v) is 33.2. The SMILES string of the molecule is CC[N+](C)(CC)CC(O)COCCC[Si](C)(C)O[Si](C)(C)O[Si](C)(C)CCCOCC(O)C[N+](C)(CC)CC.[Cl-].[Cl-]. The van der Waals surface area contributed by atoms with E-state index in [4.69, 9.17) is 17.7 Å². The molecule has 0 radical (unpaired) electrons. The van der Waals surface area contributed by atoms with E-state index in [9.17, 15) is 10.2 Å². The molecule has 13 heteroatoms. The fourth-order valence-corrected chi connectivity index (χ4v) is 19.2. The fourth-order valence-electron chi connectivity index (χ4n) is 5.18. The highest BCUT2D eigenvalue weighted by molar-refractivity contribution is 6.87. The highest BCUT2D eigenvalue weighted by Crippen LogP contribution is 2.26. The quantitative estimate of drug-likeness (QED) is 0.0745. The van der Waals surface area contributed by atoms with Crippen LogP contribution in [0.4, 0.5) is 0 Å². The molecular weight excluding hydrogens is 615 g/mol. The van der Waals surface area contributed by atoms with Crippen molar-refractivity contribution in [1.82, 2.24) is 0 Å². The Kier molecular flexibility index (Phi) is 24.4. The predicted octanol–water partition coefficient (Wildman–Crippen LogP) is -1.35. The van der Waals surface area contributed by atoms with Crippen LogP contribution in [0.5, 0.6) is 0 Å². The molecule has 0 aromatic rings. The lowest BCUT2D eigenvalue weighted by atomic mass is 10.3. The smallest absolute Gasteiger partial charge is 0.311 e. The fraction of sp³-hybridized carbons (Fsp3) is 1.00. The molecule has 41 heavy (non-hydrogen) atoms. The lowest BCUT2D eigenvalue weighted by Crippen LogP contribution is -3.00. The summed E-state index contributed by atoms with van der Waals surface area (Å²) in [7, 11) is -1.67. The van der Waals surface area contributed by atoms with Crippen LogP contribution in [0.1, 0.15) is 40.5 Å². The molecule has 0 aromatic heterocycles. The highest BCUT2D eigenvalue weighted by atomic mass is 35.5. The summed E-state index contributed by atoms with van der Waals surface area (Å²) in [5.41, 5.74) is 0. The summed E-state index contributed by atoms with van der Waals surface area (Å²) in [5, 5.41) is 20.7. The van der Waals surface area contributed by atoms with E-state index in [0.717, 1.165) is 73.2 Å². The minimum atomic E-state index is -2.26. The van der Waals surface area contributed by atoms with Crippen molar-refractivity contribution in [2.75, 3.05) is 79.8 Å². The second-order valence-corrected chi connectivity index (χ2v) is 26.1. The zero-order valence-electron chi connectivity index (χ0n) is 28.7. The van der Waals surface area contributed by atoms with Gasteiger partial charge >= 0.3 is 8.56 Å². The molecule has 2 atom stereocenters. The van der Waals surface area contributed by atoms with E-state index in [1.807, 2.05) is 0 Å². The number of ether oxygens (including phenoxy) is 2. The molecule has 252 valence electrons. The molecule has 0 aliphatic carbocycles. The van der Waals surface area contributed by atoms with E-state index in [1.165, 1.54) is 0 Å². The van der Waals surface area contributed by atoms with Crippen LogP contribution < -0.4 is 24.8 Å². The molecule has 8 nitrogen and oxygen atoms in total. The maximum atomic E-state index is 10.4. The predicted molar refractivity (Wildman–Crippen MR) is 171 cm³/mol. The topological polar surface area (TPSA) is 77.4 Å². The van der Waals surface area contributed by atoms with Crippen molar-refractivity contribution in [3.05, 3.63) is 0 Å². The second kappa shape index (κ2) is 21.6. The number of hydrogen-bond acceptors (Lipinski definition) is 6. The van der Waals surface area contributed by atoms with Gasteiger partial charge in [-0.05, 0) is 91.9 Å². The van der Waals surface area contributed by atoms with Crippen LogP contribution in [0, 0.1) is 0 Å². The molecule has 0 aromatic carbocycles. The Balaban J connectivity index is -0.00000722. The Bertz CT molecular complexity index is 606. The summed E-state index contributed by atoms with van der Waals surface area (Å²) in [4.78, 5) is 0. The first-order valence-corrected chi connectivity index (χ1v) is 24.5. The van der Waals surface area contributed by atoms with Crippen molar-refractivity contribution in [2.24, 2.45) is 0 Å². The van der Waals surface area contributed by atoms with Gasteiger partial charge in [-0.15, -0.1) is 0 Å². The molecule has 0 bridgehead atoms. The van der Waals surface area contributed by atoms with Gasteiger partial charge in [0.05, 0.1) is 53.5 Å². The molecule has 0 aliphatic rings. The van der Waals surface area contributed by atoms with Gasteiger partial charge in [-0.2, -0.15) is 0 Å². The van der Waals surface area contributed by atoms with Gasteiger partial charge in [0.1, 0.15) is 25.3 Å². The standard InChI is InChI=1S/C28H68N2O6Si3.2ClH/c1-13-29(5,14-2)23-27(31)25-33-19-17-21-37(7,8)35-39(11,12)36-38(9,10)22-18-20-34-26-28(32)24-30(6,15-3)16-4;;/h27-28,31-32H,13-26H2,1-12H3;2*1H/q+2;;/p-2. The van der Waals surface area contributed by atoms with Crippen molar-refractivity contribution in [2.45, 2.75) is 104 Å². The maximum Gasteiger partial charge on any atom is 0.311 e. The molecule has 0 saturated heterocycles. The highest BCUT2D eigenvalue weighted by Gasteiger charge is 2.39. The van der Waals surface area contributed by atoms with Gasteiger partial charge < -0.3 is 61.7 Å². The Labute approximate surface area is 270 Å². The lowest BCUT2D eigenvalue weighted by molar-refractivity contribution is -0.909. The normalized spacial score (nSPS) is 14.8. The second-order valence-electron chi connectivity index (χ2n) is 13.7. The number of aliphatic hydroxyl groups excluding tert-OH is 2. The van der Waals surface area contributed by atoms with E-state index < -0.39 is 37.4 Å². The van der Waals surface area contributed by atoms with Gasteiger partial charge in [-0.3, -0.25) is 0 Å². The van der Waals surface area contributed by atoms with Gasteiger partial charge in [-0.25, -0.2) is 0 Å². The van der Waals surface area contributed by atoms with E-state index in [1.54, 1.807) is 0 Å². The minimum absolute atomic E-state index is 0. The van der Waals surface area contributed by atoms with Crippen LogP contribution in [0.15, 0.2) is 0 Å². The zero-order chi connectivity index (χ0) is 30.4. The number of rotatable bonds is 24. The Morgan fingerprint density at radius 2 is 0.878 bits per heavy atom. The van der Waals surface area contributed by atoms with E-state index in [2.05, 4.69) is 81.1 Å². The van der Waals surface area contributed by atoms with Gasteiger partial charge in [0.15, 0.2) is 16.6 Å². The van der Waals surface area contributed by atoms with Crippen LogP contribution in [0.25, 0.3) is 0 Å². The summed E-state index contributed by atoms with van der Waals surface area (Å²) in [6, 6.07) is 2.04. The molecule has 0 heterocycles. The molecule has 0 rings (SSSR count). The number of likely N-dealkylation sites (N-methyl/N-ethyl adjacent to an activating group) is 2. The summed E-state index contributed by atoms with van der Waals surface area (Å²) in [6.45, 7) is 29.8. The van der Waals surface area contributed by atoms with Crippen LogP contribution in [-0.2, 0) is 17.7 Å².